The molecule has 0 unspecified atom stereocenters. The monoisotopic (exact) mass is 613 g/mol. The SMILES string of the molecule is Cc1cc(C)cc(C[C@H](CC(=O)N2CCC(N3Cc4ccccc4NC3=O)CC2)C(=O)N2CCC(C3CCN(C)CC3)CC2)c1. The second kappa shape index (κ2) is 13.9. The molecule has 1 atom stereocenters. The van der Waals surface area contributed by atoms with Crippen LogP contribution in [0.15, 0.2) is 42.5 Å². The number of urea groups is 1. The van der Waals surface area contributed by atoms with Gasteiger partial charge in [0.25, 0.3) is 0 Å². The number of piperidine rings is 3. The number of hydrogen-bond donors (Lipinski definition) is 1. The van der Waals surface area contributed by atoms with Crippen molar-refractivity contribution in [1.29, 1.82) is 0 Å². The smallest absolute Gasteiger partial charge is 0.322 e. The number of para-hydroxylation sites is 1. The molecule has 8 heteroatoms. The van der Waals surface area contributed by atoms with E-state index in [-0.39, 0.29) is 36.2 Å². The van der Waals surface area contributed by atoms with Crippen molar-refractivity contribution in [1.82, 2.24) is 19.6 Å². The molecule has 2 aromatic carbocycles. The molecule has 4 heterocycles. The average molecular weight is 614 g/mol. The minimum Gasteiger partial charge on any atom is -0.343 e. The lowest BCUT2D eigenvalue weighted by Gasteiger charge is -2.41. The molecule has 1 N–H and O–H groups in total. The number of amides is 4. The fourth-order valence-electron chi connectivity index (χ4n) is 8.35. The Morgan fingerprint density at radius 2 is 1.42 bits per heavy atom. The van der Waals surface area contributed by atoms with Crippen LogP contribution in [0, 0.1) is 31.6 Å². The molecule has 0 aromatic heterocycles. The van der Waals surface area contributed by atoms with Gasteiger partial charge in [-0.25, -0.2) is 4.79 Å². The van der Waals surface area contributed by atoms with Crippen LogP contribution in [0.3, 0.4) is 0 Å². The number of nitrogens with zero attached hydrogens (tertiary/aromatic N) is 4. The maximum atomic E-state index is 14.1. The zero-order valence-corrected chi connectivity index (χ0v) is 27.5. The number of benzene rings is 2. The summed E-state index contributed by atoms with van der Waals surface area (Å²) in [6.45, 7) is 9.99. The standard InChI is InChI=1S/C37H51N5O3/c1-26-20-27(2)22-28(21-26)23-32(36(44)41-16-10-30(11-17-41)29-8-14-39(3)15-9-29)24-35(43)40-18-12-33(13-19-40)42-25-31-6-4-5-7-34(31)38-37(42)45/h4-7,20-22,29-30,32-33H,8-19,23-25H2,1-3H3,(H,38,45)/t32-/m1/s1. The molecule has 4 aliphatic heterocycles. The van der Waals surface area contributed by atoms with Gasteiger partial charge in [0.15, 0.2) is 0 Å². The molecule has 0 radical (unpaired) electrons. The van der Waals surface area contributed by atoms with Crippen molar-refractivity contribution < 1.29 is 14.4 Å². The van der Waals surface area contributed by atoms with E-state index in [0.29, 0.717) is 32.0 Å². The van der Waals surface area contributed by atoms with E-state index in [0.717, 1.165) is 61.5 Å². The fraction of sp³-hybridized carbons (Fsp3) is 0.595. The molecule has 0 spiro atoms. The molecule has 4 amide bonds. The van der Waals surface area contributed by atoms with Gasteiger partial charge in [-0.15, -0.1) is 0 Å². The number of hydrogen-bond acceptors (Lipinski definition) is 4. The van der Waals surface area contributed by atoms with Gasteiger partial charge in [-0.2, -0.15) is 0 Å². The molecule has 4 aliphatic rings. The summed E-state index contributed by atoms with van der Waals surface area (Å²) in [6, 6.07) is 14.5. The number of anilines is 1. The normalized spacial score (nSPS) is 21.4. The minimum absolute atomic E-state index is 0.0582. The van der Waals surface area contributed by atoms with Crippen LogP contribution >= 0.6 is 0 Å². The molecule has 2 aromatic rings. The molecule has 242 valence electrons. The van der Waals surface area contributed by atoms with E-state index in [1.54, 1.807) is 0 Å². The first-order valence-electron chi connectivity index (χ1n) is 17.2. The highest BCUT2D eigenvalue weighted by atomic mass is 16.2. The molecule has 8 nitrogen and oxygen atoms in total. The Kier molecular flexibility index (Phi) is 9.78. The van der Waals surface area contributed by atoms with E-state index >= 15 is 0 Å². The molecule has 6 rings (SSSR count). The van der Waals surface area contributed by atoms with Crippen molar-refractivity contribution in [3.63, 3.8) is 0 Å². The highest BCUT2D eigenvalue weighted by Crippen LogP contribution is 2.33. The maximum absolute atomic E-state index is 14.1. The van der Waals surface area contributed by atoms with Gasteiger partial charge in [0.2, 0.25) is 11.8 Å². The first kappa shape index (κ1) is 31.6. The largest absolute Gasteiger partial charge is 0.343 e. The Bertz CT molecular complexity index is 1350. The van der Waals surface area contributed by atoms with Gasteiger partial charge < -0.3 is 24.9 Å². The van der Waals surface area contributed by atoms with Crippen molar-refractivity contribution in [2.75, 3.05) is 51.6 Å². The molecule has 3 fully saturated rings. The Hall–Kier alpha value is -3.39. The van der Waals surface area contributed by atoms with Crippen LogP contribution in [-0.4, -0.2) is 89.8 Å². The quantitative estimate of drug-likeness (QED) is 0.450. The van der Waals surface area contributed by atoms with Gasteiger partial charge in [-0.3, -0.25) is 9.59 Å². The Morgan fingerprint density at radius 3 is 2.09 bits per heavy atom. The van der Waals surface area contributed by atoms with Crippen LogP contribution in [-0.2, 0) is 22.6 Å². The van der Waals surface area contributed by atoms with Crippen LogP contribution in [0.25, 0.3) is 0 Å². The van der Waals surface area contributed by atoms with Crippen molar-refractivity contribution in [2.45, 2.75) is 77.8 Å². The van der Waals surface area contributed by atoms with Gasteiger partial charge >= 0.3 is 6.03 Å². The molecule has 0 aliphatic carbocycles. The van der Waals surface area contributed by atoms with Crippen molar-refractivity contribution >= 4 is 23.5 Å². The summed E-state index contributed by atoms with van der Waals surface area (Å²) in [5, 5.41) is 3.03. The molecule has 0 bridgehead atoms. The van der Waals surface area contributed by atoms with Crippen LogP contribution in [0.5, 0.6) is 0 Å². The summed E-state index contributed by atoms with van der Waals surface area (Å²) >= 11 is 0. The summed E-state index contributed by atoms with van der Waals surface area (Å²) in [5.74, 6) is 1.33. The van der Waals surface area contributed by atoms with Crippen LogP contribution < -0.4 is 5.32 Å². The van der Waals surface area contributed by atoms with Crippen molar-refractivity contribution in [3.8, 4) is 0 Å². The van der Waals surface area contributed by atoms with E-state index in [9.17, 15) is 14.4 Å². The van der Waals surface area contributed by atoms with Gasteiger partial charge in [-0.1, -0.05) is 47.5 Å². The third-order valence-corrected chi connectivity index (χ3v) is 10.9. The molecule has 45 heavy (non-hydrogen) atoms. The number of carbonyl (C=O) groups excluding carboxylic acids is 3. The van der Waals surface area contributed by atoms with Crippen molar-refractivity contribution in [2.24, 2.45) is 17.8 Å². The summed E-state index contributed by atoms with van der Waals surface area (Å²) in [5.41, 5.74) is 5.52. The zero-order valence-electron chi connectivity index (χ0n) is 27.5. The lowest BCUT2D eigenvalue weighted by molar-refractivity contribution is -0.143. The first-order valence-corrected chi connectivity index (χ1v) is 17.2. The first-order chi connectivity index (χ1) is 21.7. The number of nitrogens with one attached hydrogen (secondary N) is 1. The fourth-order valence-corrected chi connectivity index (χ4v) is 8.35. The predicted molar refractivity (Wildman–Crippen MR) is 178 cm³/mol. The topological polar surface area (TPSA) is 76.2 Å². The van der Waals surface area contributed by atoms with Crippen molar-refractivity contribution in [3.05, 3.63) is 64.7 Å². The molecule has 3 saturated heterocycles. The molecular weight excluding hydrogens is 562 g/mol. The second-order valence-electron chi connectivity index (χ2n) is 14.2. The van der Waals surface area contributed by atoms with Crippen LogP contribution in [0.2, 0.25) is 0 Å². The highest BCUT2D eigenvalue weighted by molar-refractivity contribution is 5.92. The summed E-state index contributed by atoms with van der Waals surface area (Å²) < 4.78 is 0. The number of carbonyl (C=O) groups is 3. The number of fused-ring (bicyclic) bond motifs is 1. The second-order valence-corrected chi connectivity index (χ2v) is 14.2. The van der Waals surface area contributed by atoms with Gasteiger partial charge in [0.1, 0.15) is 0 Å². The highest BCUT2D eigenvalue weighted by Gasteiger charge is 2.36. The Morgan fingerprint density at radius 1 is 0.822 bits per heavy atom. The Labute approximate surface area is 269 Å². The van der Waals surface area contributed by atoms with E-state index in [2.05, 4.69) is 60.3 Å². The van der Waals surface area contributed by atoms with E-state index in [1.807, 2.05) is 28.0 Å². The summed E-state index contributed by atoms with van der Waals surface area (Å²) in [7, 11) is 2.21. The molecule has 0 saturated carbocycles. The van der Waals surface area contributed by atoms with Gasteiger partial charge in [0, 0.05) is 50.9 Å². The van der Waals surface area contributed by atoms with Gasteiger partial charge in [-0.05, 0) is 108 Å². The summed E-state index contributed by atoms with van der Waals surface area (Å²) in [4.78, 5) is 49.1. The summed E-state index contributed by atoms with van der Waals surface area (Å²) in [6.07, 6.45) is 7.02. The zero-order chi connectivity index (χ0) is 31.5. The van der Waals surface area contributed by atoms with E-state index in [4.69, 9.17) is 0 Å². The number of rotatable bonds is 7. The third-order valence-electron chi connectivity index (χ3n) is 10.9. The number of aryl methyl sites for hydroxylation is 2. The van der Waals surface area contributed by atoms with Crippen LogP contribution in [0.1, 0.15) is 67.2 Å². The lowest BCUT2D eigenvalue weighted by atomic mass is 9.78. The average Bonchev–Trinajstić information content (AvgIpc) is 3.04. The lowest BCUT2D eigenvalue weighted by Crippen LogP contribution is -2.51. The number of likely N-dealkylation sites (tertiary alicyclic amines) is 3. The van der Waals surface area contributed by atoms with Crippen LogP contribution in [0.4, 0.5) is 10.5 Å². The predicted octanol–water partition coefficient (Wildman–Crippen LogP) is 5.47. The molecular formula is C37H51N5O3. The third kappa shape index (κ3) is 7.54. The van der Waals surface area contributed by atoms with E-state index < -0.39 is 0 Å². The minimum atomic E-state index is -0.360. The van der Waals surface area contributed by atoms with E-state index in [1.165, 1.54) is 37.1 Å². The van der Waals surface area contributed by atoms with Gasteiger partial charge in [0.05, 0.1) is 5.92 Å². The Balaban J connectivity index is 1.08. The maximum Gasteiger partial charge on any atom is 0.322 e.